The third-order valence-electron chi connectivity index (χ3n) is 4.18. The Labute approximate surface area is 161 Å². The summed E-state index contributed by atoms with van der Waals surface area (Å²) in [4.78, 5) is 24.9. The Morgan fingerprint density at radius 1 is 1.22 bits per heavy atom. The lowest BCUT2D eigenvalue weighted by Gasteiger charge is -2.14. The molecule has 27 heavy (non-hydrogen) atoms. The van der Waals surface area contributed by atoms with E-state index >= 15 is 0 Å². The number of aromatic amines is 1. The van der Waals surface area contributed by atoms with E-state index in [-0.39, 0.29) is 5.91 Å². The highest BCUT2D eigenvalue weighted by Crippen LogP contribution is 2.24. The van der Waals surface area contributed by atoms with E-state index in [0.29, 0.717) is 11.4 Å². The summed E-state index contributed by atoms with van der Waals surface area (Å²) in [6, 6.07) is 15.2. The van der Waals surface area contributed by atoms with Crippen LogP contribution in [0.5, 0.6) is 0 Å². The number of hydrogen-bond acceptors (Lipinski definition) is 4. The Morgan fingerprint density at radius 3 is 2.63 bits per heavy atom. The van der Waals surface area contributed by atoms with Gasteiger partial charge in [-0.1, -0.05) is 42.8 Å². The summed E-state index contributed by atoms with van der Waals surface area (Å²) in [5.41, 5.74) is 3.18. The number of rotatable bonds is 6. The second kappa shape index (κ2) is 8.26. The van der Waals surface area contributed by atoms with Crippen LogP contribution in [0.3, 0.4) is 0 Å². The van der Waals surface area contributed by atoms with Crippen molar-refractivity contribution >= 4 is 23.4 Å². The summed E-state index contributed by atoms with van der Waals surface area (Å²) in [6.45, 7) is 5.89. The molecule has 1 aromatic heterocycles. The predicted octanol–water partition coefficient (Wildman–Crippen LogP) is 3.37. The number of amides is 1. The van der Waals surface area contributed by atoms with Crippen molar-refractivity contribution in [2.24, 2.45) is 0 Å². The van der Waals surface area contributed by atoms with Crippen LogP contribution in [-0.2, 0) is 4.79 Å². The fourth-order valence-electron chi connectivity index (χ4n) is 2.74. The van der Waals surface area contributed by atoms with E-state index in [1.807, 2.05) is 69.3 Å². The van der Waals surface area contributed by atoms with Crippen molar-refractivity contribution in [3.8, 4) is 5.69 Å². The molecule has 2 N–H and O–H groups in total. The van der Waals surface area contributed by atoms with E-state index in [9.17, 15) is 9.59 Å². The van der Waals surface area contributed by atoms with Crippen molar-refractivity contribution in [3.05, 3.63) is 70.1 Å². The lowest BCUT2D eigenvalue weighted by molar-refractivity contribution is -0.704. The molecular formula is C20H22N3O3S+. The second-order valence-corrected chi connectivity index (χ2v) is 7.47. The van der Waals surface area contributed by atoms with Crippen molar-refractivity contribution in [1.29, 1.82) is 0 Å². The summed E-state index contributed by atoms with van der Waals surface area (Å²) < 4.78 is 6.51. The first-order valence-electron chi connectivity index (χ1n) is 8.73. The second-order valence-electron chi connectivity index (χ2n) is 6.28. The summed E-state index contributed by atoms with van der Waals surface area (Å²) in [5, 5.41) is 5.47. The highest BCUT2D eigenvalue weighted by Gasteiger charge is 2.30. The lowest BCUT2D eigenvalue weighted by atomic mass is 10.1. The van der Waals surface area contributed by atoms with E-state index in [1.54, 1.807) is 4.68 Å². The maximum atomic E-state index is 12.8. The van der Waals surface area contributed by atoms with Gasteiger partial charge in [-0.2, -0.15) is 0 Å². The van der Waals surface area contributed by atoms with Gasteiger partial charge < -0.3 is 5.32 Å². The van der Waals surface area contributed by atoms with Crippen LogP contribution in [0.4, 0.5) is 5.69 Å². The quantitative estimate of drug-likeness (QED) is 0.504. The van der Waals surface area contributed by atoms with E-state index in [1.165, 1.54) is 11.8 Å². The van der Waals surface area contributed by atoms with Crippen LogP contribution in [0.25, 0.3) is 5.69 Å². The van der Waals surface area contributed by atoms with Crippen molar-refractivity contribution in [2.75, 3.05) is 5.32 Å². The molecule has 0 aliphatic rings. The van der Waals surface area contributed by atoms with Crippen LogP contribution in [0.2, 0.25) is 0 Å². The Morgan fingerprint density at radius 2 is 1.96 bits per heavy atom. The molecule has 7 heteroatoms. The van der Waals surface area contributed by atoms with Gasteiger partial charge in [0.2, 0.25) is 11.6 Å². The number of nitrogens with zero attached hydrogens (tertiary/aromatic N) is 1. The zero-order valence-electron chi connectivity index (χ0n) is 15.5. The molecule has 0 aliphatic carbocycles. The number of H-pyrrole nitrogens is 1. The summed E-state index contributed by atoms with van der Waals surface area (Å²) >= 11 is 1.19. The van der Waals surface area contributed by atoms with E-state index < -0.39 is 10.9 Å². The minimum atomic E-state index is -0.499. The minimum Gasteiger partial charge on any atom is -0.325 e. The lowest BCUT2D eigenvalue weighted by Crippen LogP contribution is -2.37. The monoisotopic (exact) mass is 384 g/mol. The number of thioether (sulfide) groups is 1. The number of para-hydroxylation sites is 1. The van der Waals surface area contributed by atoms with Gasteiger partial charge >= 0.3 is 10.7 Å². The summed E-state index contributed by atoms with van der Waals surface area (Å²) in [5.74, 6) is -0.144. The van der Waals surface area contributed by atoms with Gasteiger partial charge in [0.1, 0.15) is 0 Å². The van der Waals surface area contributed by atoms with Crippen LogP contribution < -0.4 is 15.6 Å². The SMILES string of the molecule is CCC(Sc1c(=O)o[nH][n+]1-c1ccccc1)C(=O)Nc1ccc(C)cc1C. The number of carbonyl (C=O) groups excluding carboxylic acids is 1. The van der Waals surface area contributed by atoms with Crippen molar-refractivity contribution in [3.63, 3.8) is 0 Å². The van der Waals surface area contributed by atoms with Gasteiger partial charge in [0.15, 0.2) is 0 Å². The van der Waals surface area contributed by atoms with Gasteiger partial charge in [-0.05, 0) is 53.6 Å². The third-order valence-corrected chi connectivity index (χ3v) is 5.58. The number of hydrogen-bond donors (Lipinski definition) is 2. The average Bonchev–Trinajstić information content (AvgIpc) is 3.03. The van der Waals surface area contributed by atoms with Crippen molar-refractivity contribution < 1.29 is 14.0 Å². The predicted molar refractivity (Wildman–Crippen MR) is 105 cm³/mol. The molecule has 1 unspecified atom stereocenters. The number of benzene rings is 2. The minimum absolute atomic E-state index is 0.144. The molecule has 0 radical (unpaired) electrons. The van der Waals surface area contributed by atoms with Gasteiger partial charge in [-0.15, -0.1) is 0 Å². The molecule has 0 saturated heterocycles. The molecule has 140 valence electrons. The molecule has 0 fully saturated rings. The molecule has 0 spiro atoms. The molecule has 0 saturated carbocycles. The molecule has 1 heterocycles. The fourth-order valence-corrected chi connectivity index (χ4v) is 3.72. The number of carbonyl (C=O) groups is 1. The molecule has 0 aliphatic heterocycles. The maximum absolute atomic E-state index is 12.8. The number of anilines is 1. The molecule has 6 nitrogen and oxygen atoms in total. The van der Waals surface area contributed by atoms with Crippen molar-refractivity contribution in [2.45, 2.75) is 37.5 Å². The average molecular weight is 384 g/mol. The standard InChI is InChI=1S/C20H21N3O3S/c1-4-17(18(24)21-16-11-10-13(2)12-14(16)3)27-19-20(25)26-22-23(19)15-8-6-5-7-9-15/h5-12,17H,4H2,1-3H3,(H-,21,22,24,25)/p+1. The molecule has 3 rings (SSSR count). The fraction of sp³-hybridized carbons (Fsp3) is 0.250. The van der Waals surface area contributed by atoms with Crippen molar-refractivity contribution in [1.82, 2.24) is 5.27 Å². The first-order chi connectivity index (χ1) is 13.0. The number of aromatic nitrogens is 2. The summed E-state index contributed by atoms with van der Waals surface area (Å²) in [7, 11) is 0. The van der Waals surface area contributed by atoms with Crippen LogP contribution in [0, 0.1) is 13.8 Å². The van der Waals surface area contributed by atoms with Gasteiger partial charge in [0, 0.05) is 17.8 Å². The molecule has 3 aromatic rings. The van der Waals surface area contributed by atoms with Gasteiger partial charge in [0.25, 0.3) is 0 Å². The van der Waals surface area contributed by atoms with E-state index in [0.717, 1.165) is 22.5 Å². The zero-order chi connectivity index (χ0) is 19.4. The Balaban J connectivity index is 1.82. The smallest absolute Gasteiger partial charge is 0.325 e. The van der Waals surface area contributed by atoms with E-state index in [2.05, 4.69) is 10.6 Å². The third kappa shape index (κ3) is 4.31. The molecule has 2 aromatic carbocycles. The summed E-state index contributed by atoms with van der Waals surface area (Å²) in [6.07, 6.45) is 0.570. The topological polar surface area (TPSA) is 79.0 Å². The first kappa shape index (κ1) is 19.0. The Hall–Kier alpha value is -2.80. The van der Waals surface area contributed by atoms with Crippen LogP contribution in [0.15, 0.2) is 62.9 Å². The Bertz CT molecular complexity index is 995. The van der Waals surface area contributed by atoms with Crippen LogP contribution in [0.1, 0.15) is 24.5 Å². The first-order valence-corrected chi connectivity index (χ1v) is 9.61. The molecule has 1 atom stereocenters. The van der Waals surface area contributed by atoms with Gasteiger partial charge in [0.05, 0.1) is 5.25 Å². The highest BCUT2D eigenvalue weighted by atomic mass is 32.2. The van der Waals surface area contributed by atoms with E-state index in [4.69, 9.17) is 4.52 Å². The van der Waals surface area contributed by atoms with Gasteiger partial charge in [-0.25, -0.2) is 4.79 Å². The van der Waals surface area contributed by atoms with Crippen LogP contribution in [-0.4, -0.2) is 16.4 Å². The largest absolute Gasteiger partial charge is 0.442 e. The maximum Gasteiger partial charge on any atom is 0.442 e. The molecule has 0 bridgehead atoms. The molecule has 1 amide bonds. The molecular weight excluding hydrogens is 362 g/mol. The number of nitrogens with one attached hydrogen (secondary N) is 2. The van der Waals surface area contributed by atoms with Gasteiger partial charge in [-0.3, -0.25) is 9.32 Å². The Kier molecular flexibility index (Phi) is 5.81. The zero-order valence-corrected chi connectivity index (χ0v) is 16.3. The van der Waals surface area contributed by atoms with Crippen LogP contribution >= 0.6 is 11.8 Å². The normalized spacial score (nSPS) is 12.0. The highest BCUT2D eigenvalue weighted by molar-refractivity contribution is 8.00. The number of aryl methyl sites for hydroxylation is 2.